The molecule has 0 aliphatic carbocycles. The van der Waals surface area contributed by atoms with Gasteiger partial charge in [-0.15, -0.1) is 0 Å². The van der Waals surface area contributed by atoms with E-state index < -0.39 is 0 Å². The van der Waals surface area contributed by atoms with Crippen molar-refractivity contribution < 1.29 is 5.11 Å². The fourth-order valence-corrected chi connectivity index (χ4v) is 3.11. The summed E-state index contributed by atoms with van der Waals surface area (Å²) in [5.74, 6) is 0. The molecule has 0 saturated heterocycles. The predicted molar refractivity (Wildman–Crippen MR) is 81.5 cm³/mol. The third-order valence-electron chi connectivity index (χ3n) is 3.70. The monoisotopic (exact) mass is 254 g/mol. The quantitative estimate of drug-likeness (QED) is 0.842. The second kappa shape index (κ2) is 5.18. The molecule has 0 spiro atoms. The Hall–Kier alpha value is -1.60. The Bertz CT molecular complexity index is 578. The van der Waals surface area contributed by atoms with Crippen molar-refractivity contribution >= 4 is 0 Å². The van der Waals surface area contributed by atoms with Gasteiger partial charge in [0.2, 0.25) is 0 Å². The molecule has 0 bridgehead atoms. The molecule has 19 heavy (non-hydrogen) atoms. The van der Waals surface area contributed by atoms with Gasteiger partial charge in [-0.05, 0) is 73.6 Å². The van der Waals surface area contributed by atoms with Crippen molar-refractivity contribution in [3.8, 4) is 11.1 Å². The van der Waals surface area contributed by atoms with Gasteiger partial charge in [0.15, 0.2) is 0 Å². The minimum atomic E-state index is 0.105. The largest absolute Gasteiger partial charge is 0.392 e. The Labute approximate surface area is 115 Å². The summed E-state index contributed by atoms with van der Waals surface area (Å²) in [5, 5.41) is 9.29. The fourth-order valence-electron chi connectivity index (χ4n) is 3.11. The van der Waals surface area contributed by atoms with Crippen molar-refractivity contribution in [3.63, 3.8) is 0 Å². The van der Waals surface area contributed by atoms with Gasteiger partial charge >= 0.3 is 0 Å². The number of rotatable bonds is 2. The Morgan fingerprint density at radius 1 is 0.684 bits per heavy atom. The Balaban J connectivity index is 2.73. The second-order valence-corrected chi connectivity index (χ2v) is 5.54. The van der Waals surface area contributed by atoms with Crippen LogP contribution in [-0.4, -0.2) is 5.11 Å². The van der Waals surface area contributed by atoms with Crippen LogP contribution in [0, 0.1) is 34.6 Å². The van der Waals surface area contributed by atoms with Crippen LogP contribution in [0.25, 0.3) is 11.1 Å². The number of aliphatic hydroxyl groups is 1. The summed E-state index contributed by atoms with van der Waals surface area (Å²) in [6.45, 7) is 10.8. The maximum absolute atomic E-state index is 9.29. The highest BCUT2D eigenvalue weighted by atomic mass is 16.3. The number of hydrogen-bond donors (Lipinski definition) is 1. The van der Waals surface area contributed by atoms with Crippen molar-refractivity contribution in [3.05, 3.63) is 57.6 Å². The molecule has 100 valence electrons. The van der Waals surface area contributed by atoms with E-state index in [1.54, 1.807) is 0 Å². The molecule has 0 heterocycles. The third-order valence-corrected chi connectivity index (χ3v) is 3.70. The molecule has 0 atom stereocenters. The van der Waals surface area contributed by atoms with E-state index in [4.69, 9.17) is 0 Å². The first-order valence-corrected chi connectivity index (χ1v) is 6.73. The molecule has 0 aliphatic rings. The standard InChI is InChI=1S/C18H22O/c1-11-6-12(2)17(13(3)7-11)18-14(4)8-16(10-19)9-15(18)5/h6-9,19H,10H2,1-5H3. The van der Waals surface area contributed by atoms with Gasteiger partial charge in [-0.1, -0.05) is 29.8 Å². The molecule has 0 aliphatic heterocycles. The zero-order valence-corrected chi connectivity index (χ0v) is 12.5. The van der Waals surface area contributed by atoms with Gasteiger partial charge in [-0.25, -0.2) is 0 Å². The smallest absolute Gasteiger partial charge is 0.0682 e. The average molecular weight is 254 g/mol. The molecule has 0 amide bonds. The van der Waals surface area contributed by atoms with Crippen LogP contribution in [0.3, 0.4) is 0 Å². The molecule has 2 aromatic rings. The number of benzene rings is 2. The highest BCUT2D eigenvalue weighted by Crippen LogP contribution is 2.34. The number of aliphatic hydroxyl groups excluding tert-OH is 1. The van der Waals surface area contributed by atoms with Gasteiger partial charge in [-0.3, -0.25) is 0 Å². The minimum Gasteiger partial charge on any atom is -0.392 e. The van der Waals surface area contributed by atoms with E-state index in [0.29, 0.717) is 0 Å². The first-order valence-electron chi connectivity index (χ1n) is 6.73. The van der Waals surface area contributed by atoms with Crippen LogP contribution >= 0.6 is 0 Å². The lowest BCUT2D eigenvalue weighted by Gasteiger charge is -2.17. The van der Waals surface area contributed by atoms with Gasteiger partial charge in [0, 0.05) is 0 Å². The van der Waals surface area contributed by atoms with Crippen molar-refractivity contribution in [1.29, 1.82) is 0 Å². The lowest BCUT2D eigenvalue weighted by molar-refractivity contribution is 0.281. The van der Waals surface area contributed by atoms with Crippen molar-refractivity contribution in [2.45, 2.75) is 41.2 Å². The van der Waals surface area contributed by atoms with E-state index in [-0.39, 0.29) is 6.61 Å². The average Bonchev–Trinajstić information content (AvgIpc) is 2.31. The normalized spacial score (nSPS) is 10.8. The molecular weight excluding hydrogens is 232 g/mol. The highest BCUT2D eigenvalue weighted by Gasteiger charge is 2.12. The molecule has 0 radical (unpaired) electrons. The third kappa shape index (κ3) is 2.57. The van der Waals surface area contributed by atoms with Crippen molar-refractivity contribution in [1.82, 2.24) is 0 Å². The van der Waals surface area contributed by atoms with Crippen LogP contribution in [-0.2, 0) is 6.61 Å². The van der Waals surface area contributed by atoms with E-state index in [0.717, 1.165) is 5.56 Å². The second-order valence-electron chi connectivity index (χ2n) is 5.54. The maximum atomic E-state index is 9.29. The molecule has 1 nitrogen and oxygen atoms in total. The lowest BCUT2D eigenvalue weighted by atomic mass is 9.87. The first-order chi connectivity index (χ1) is 8.93. The molecule has 1 heteroatoms. The van der Waals surface area contributed by atoms with Crippen LogP contribution in [0.5, 0.6) is 0 Å². The topological polar surface area (TPSA) is 20.2 Å². The maximum Gasteiger partial charge on any atom is 0.0682 e. The predicted octanol–water partition coefficient (Wildman–Crippen LogP) is 4.39. The molecule has 2 aromatic carbocycles. The SMILES string of the molecule is Cc1cc(C)c(-c2c(C)cc(CO)cc2C)c(C)c1. The van der Waals surface area contributed by atoms with Crippen LogP contribution in [0.4, 0.5) is 0 Å². The van der Waals surface area contributed by atoms with E-state index >= 15 is 0 Å². The molecule has 2 rings (SSSR count). The van der Waals surface area contributed by atoms with Crippen LogP contribution in [0.15, 0.2) is 24.3 Å². The van der Waals surface area contributed by atoms with Crippen LogP contribution in [0.2, 0.25) is 0 Å². The molecule has 0 saturated carbocycles. The first kappa shape index (κ1) is 13.8. The van der Waals surface area contributed by atoms with Crippen molar-refractivity contribution in [2.24, 2.45) is 0 Å². The van der Waals surface area contributed by atoms with E-state index in [1.807, 2.05) is 0 Å². The summed E-state index contributed by atoms with van der Waals surface area (Å²) >= 11 is 0. The van der Waals surface area contributed by atoms with E-state index in [2.05, 4.69) is 58.9 Å². The summed E-state index contributed by atoms with van der Waals surface area (Å²) in [6, 6.07) is 8.64. The molecule has 0 fully saturated rings. The summed E-state index contributed by atoms with van der Waals surface area (Å²) in [5.41, 5.74) is 10.1. The van der Waals surface area contributed by atoms with Gasteiger partial charge in [0.25, 0.3) is 0 Å². The molecular formula is C18H22O. The number of aryl methyl sites for hydroxylation is 5. The van der Waals surface area contributed by atoms with Gasteiger partial charge in [-0.2, -0.15) is 0 Å². The Morgan fingerprint density at radius 2 is 1.05 bits per heavy atom. The fraction of sp³-hybridized carbons (Fsp3) is 0.333. The molecule has 0 unspecified atom stereocenters. The molecule has 1 N–H and O–H groups in total. The highest BCUT2D eigenvalue weighted by molar-refractivity contribution is 5.77. The minimum absolute atomic E-state index is 0.105. The van der Waals surface area contributed by atoms with Crippen LogP contribution < -0.4 is 0 Å². The van der Waals surface area contributed by atoms with E-state index in [1.165, 1.54) is 38.9 Å². The van der Waals surface area contributed by atoms with Gasteiger partial charge in [0.1, 0.15) is 0 Å². The van der Waals surface area contributed by atoms with E-state index in [9.17, 15) is 5.11 Å². The van der Waals surface area contributed by atoms with Gasteiger partial charge < -0.3 is 5.11 Å². The summed E-state index contributed by atoms with van der Waals surface area (Å²) in [4.78, 5) is 0. The zero-order valence-electron chi connectivity index (χ0n) is 12.5. The Kier molecular flexibility index (Phi) is 3.77. The lowest BCUT2D eigenvalue weighted by Crippen LogP contribution is -1.97. The van der Waals surface area contributed by atoms with Crippen molar-refractivity contribution in [2.75, 3.05) is 0 Å². The number of hydrogen-bond acceptors (Lipinski definition) is 1. The Morgan fingerprint density at radius 3 is 1.42 bits per heavy atom. The van der Waals surface area contributed by atoms with Gasteiger partial charge in [0.05, 0.1) is 6.61 Å². The summed E-state index contributed by atoms with van der Waals surface area (Å²) in [6.07, 6.45) is 0. The zero-order chi connectivity index (χ0) is 14.2. The summed E-state index contributed by atoms with van der Waals surface area (Å²) in [7, 11) is 0. The summed E-state index contributed by atoms with van der Waals surface area (Å²) < 4.78 is 0. The molecule has 0 aromatic heterocycles. The van der Waals surface area contributed by atoms with Crippen LogP contribution in [0.1, 0.15) is 33.4 Å².